The molecule has 0 N–H and O–H groups in total. The standard InChI is InChI=1S/C32H44N2O4.2ClH/c1-23-13-25-15-29-31(37-21-35-29)17-27(25)19-33(23)11-9-7-5-3-4-6-8-10-12-34-20-28-18-32-30(36-22-38-32)16-26(28)14-24(34)2;;/h15-18,23-24H,3-14,19-22H2,1-2H3;2*1H. The van der Waals surface area contributed by atoms with Gasteiger partial charge in [-0.2, -0.15) is 0 Å². The Morgan fingerprint density at radius 1 is 0.525 bits per heavy atom. The second-order valence-electron chi connectivity index (χ2n) is 11.8. The number of benzene rings is 2. The van der Waals surface area contributed by atoms with Crippen LogP contribution in [0.5, 0.6) is 23.0 Å². The second-order valence-corrected chi connectivity index (χ2v) is 11.8. The second kappa shape index (κ2) is 14.4. The third-order valence-corrected chi connectivity index (χ3v) is 9.05. The van der Waals surface area contributed by atoms with Crippen LogP contribution in [0.2, 0.25) is 0 Å². The summed E-state index contributed by atoms with van der Waals surface area (Å²) in [7, 11) is 0. The summed E-state index contributed by atoms with van der Waals surface area (Å²) in [5.41, 5.74) is 5.71. The van der Waals surface area contributed by atoms with Gasteiger partial charge in [-0.25, -0.2) is 0 Å². The number of hydrogen-bond acceptors (Lipinski definition) is 6. The Bertz CT molecular complexity index is 1040. The van der Waals surface area contributed by atoms with E-state index in [2.05, 4.69) is 47.9 Å². The molecule has 0 aliphatic carbocycles. The lowest BCUT2D eigenvalue weighted by Crippen LogP contribution is -2.38. The SMILES string of the molecule is CC1Cc2cc3c(cc2CN1CCCCCCCCCCN1Cc2cc4c(cc2CC1C)OCO4)OCO3.Cl.Cl. The largest absolute Gasteiger partial charge is 0.454 e. The van der Waals surface area contributed by atoms with Crippen molar-refractivity contribution in [2.24, 2.45) is 0 Å². The number of unbranched alkanes of at least 4 members (excludes halogenated alkanes) is 7. The van der Waals surface area contributed by atoms with Gasteiger partial charge in [0.05, 0.1) is 0 Å². The maximum Gasteiger partial charge on any atom is 0.231 e. The van der Waals surface area contributed by atoms with Crippen LogP contribution in [0, 0.1) is 0 Å². The predicted octanol–water partition coefficient (Wildman–Crippen LogP) is 7.30. The zero-order valence-corrected chi connectivity index (χ0v) is 25.8. The molecule has 4 aliphatic heterocycles. The summed E-state index contributed by atoms with van der Waals surface area (Å²) in [5, 5.41) is 0. The van der Waals surface area contributed by atoms with Crippen molar-refractivity contribution < 1.29 is 18.9 Å². The van der Waals surface area contributed by atoms with Gasteiger partial charge in [-0.3, -0.25) is 9.80 Å². The Morgan fingerprint density at radius 2 is 0.850 bits per heavy atom. The molecule has 8 heteroatoms. The molecule has 40 heavy (non-hydrogen) atoms. The number of halogens is 2. The fourth-order valence-electron chi connectivity index (χ4n) is 6.66. The van der Waals surface area contributed by atoms with E-state index >= 15 is 0 Å². The van der Waals surface area contributed by atoms with Gasteiger partial charge in [0, 0.05) is 25.2 Å². The van der Waals surface area contributed by atoms with Crippen molar-refractivity contribution in [2.45, 2.75) is 103 Å². The third-order valence-electron chi connectivity index (χ3n) is 9.05. The molecule has 222 valence electrons. The maximum absolute atomic E-state index is 5.60. The van der Waals surface area contributed by atoms with Crippen LogP contribution in [0.15, 0.2) is 24.3 Å². The quantitative estimate of drug-likeness (QED) is 0.255. The summed E-state index contributed by atoms with van der Waals surface area (Å²) < 4.78 is 22.3. The van der Waals surface area contributed by atoms with Crippen LogP contribution >= 0.6 is 24.8 Å². The fourth-order valence-corrected chi connectivity index (χ4v) is 6.66. The zero-order valence-electron chi connectivity index (χ0n) is 24.1. The normalized spacial score (nSPS) is 20.9. The summed E-state index contributed by atoms with van der Waals surface area (Å²) in [6, 6.07) is 10.0. The Balaban J connectivity index is 0.00000185. The smallest absolute Gasteiger partial charge is 0.231 e. The first-order valence-corrected chi connectivity index (χ1v) is 14.9. The van der Waals surface area contributed by atoms with Gasteiger partial charge < -0.3 is 18.9 Å². The first-order valence-electron chi connectivity index (χ1n) is 14.9. The van der Waals surface area contributed by atoms with Gasteiger partial charge in [0.15, 0.2) is 23.0 Å². The first-order chi connectivity index (χ1) is 18.6. The zero-order chi connectivity index (χ0) is 25.9. The molecule has 0 saturated heterocycles. The molecule has 0 saturated carbocycles. The summed E-state index contributed by atoms with van der Waals surface area (Å²) in [6.07, 6.45) is 13.0. The Morgan fingerprint density at radius 3 is 1.23 bits per heavy atom. The van der Waals surface area contributed by atoms with Crippen molar-refractivity contribution in [2.75, 3.05) is 26.7 Å². The van der Waals surface area contributed by atoms with E-state index < -0.39 is 0 Å². The van der Waals surface area contributed by atoms with E-state index in [-0.39, 0.29) is 24.8 Å². The van der Waals surface area contributed by atoms with E-state index in [1.165, 1.54) is 86.7 Å². The van der Waals surface area contributed by atoms with Gasteiger partial charge in [-0.1, -0.05) is 38.5 Å². The number of rotatable bonds is 11. The number of hydrogen-bond donors (Lipinski definition) is 0. The van der Waals surface area contributed by atoms with Crippen LogP contribution in [-0.4, -0.2) is 48.6 Å². The molecule has 0 amide bonds. The monoisotopic (exact) mass is 592 g/mol. The molecule has 0 bridgehead atoms. The molecule has 4 heterocycles. The molecule has 0 spiro atoms. The highest BCUT2D eigenvalue weighted by molar-refractivity contribution is 5.85. The molecule has 2 atom stereocenters. The van der Waals surface area contributed by atoms with Crippen LogP contribution in [-0.2, 0) is 25.9 Å². The predicted molar refractivity (Wildman–Crippen MR) is 164 cm³/mol. The van der Waals surface area contributed by atoms with E-state index in [9.17, 15) is 0 Å². The van der Waals surface area contributed by atoms with Crippen LogP contribution in [0.4, 0.5) is 0 Å². The highest BCUT2D eigenvalue weighted by Gasteiger charge is 2.27. The lowest BCUT2D eigenvalue weighted by Gasteiger charge is -2.35. The fraction of sp³-hybridized carbons (Fsp3) is 0.625. The summed E-state index contributed by atoms with van der Waals surface area (Å²) in [6.45, 7) is 9.94. The average molecular weight is 594 g/mol. The van der Waals surface area contributed by atoms with Gasteiger partial charge in [0.1, 0.15) is 0 Å². The van der Waals surface area contributed by atoms with Crippen LogP contribution in [0.25, 0.3) is 0 Å². The summed E-state index contributed by atoms with van der Waals surface area (Å²) >= 11 is 0. The van der Waals surface area contributed by atoms with E-state index in [4.69, 9.17) is 18.9 Å². The number of ether oxygens (including phenoxy) is 4. The Hall–Kier alpha value is -1.86. The van der Waals surface area contributed by atoms with Gasteiger partial charge in [0.2, 0.25) is 13.6 Å². The van der Waals surface area contributed by atoms with Crippen LogP contribution in [0.3, 0.4) is 0 Å². The molecule has 0 radical (unpaired) electrons. The Labute approximate surface area is 252 Å². The van der Waals surface area contributed by atoms with Crippen molar-refractivity contribution in [3.8, 4) is 23.0 Å². The molecule has 6 nitrogen and oxygen atoms in total. The van der Waals surface area contributed by atoms with Gasteiger partial charge in [-0.05, 0) is 99.1 Å². The van der Waals surface area contributed by atoms with E-state index in [0.29, 0.717) is 25.7 Å². The van der Waals surface area contributed by atoms with Gasteiger partial charge in [0.25, 0.3) is 0 Å². The van der Waals surface area contributed by atoms with E-state index in [1.54, 1.807) is 0 Å². The van der Waals surface area contributed by atoms with Crippen molar-refractivity contribution in [3.63, 3.8) is 0 Å². The average Bonchev–Trinajstić information content (AvgIpc) is 3.56. The molecule has 6 rings (SSSR count). The van der Waals surface area contributed by atoms with Crippen LogP contribution < -0.4 is 18.9 Å². The molecular weight excluding hydrogens is 547 g/mol. The van der Waals surface area contributed by atoms with E-state index in [0.717, 1.165) is 48.9 Å². The van der Waals surface area contributed by atoms with Crippen molar-refractivity contribution in [3.05, 3.63) is 46.5 Å². The lowest BCUT2D eigenvalue weighted by atomic mass is 9.93. The molecule has 0 fully saturated rings. The van der Waals surface area contributed by atoms with E-state index in [1.807, 2.05) is 0 Å². The van der Waals surface area contributed by atoms with Crippen molar-refractivity contribution in [1.29, 1.82) is 0 Å². The maximum atomic E-state index is 5.60. The van der Waals surface area contributed by atoms with Gasteiger partial charge in [-0.15, -0.1) is 24.8 Å². The molecule has 4 aliphatic rings. The minimum Gasteiger partial charge on any atom is -0.454 e. The molecular formula is C32H46Cl2N2O4. The molecule has 2 aromatic carbocycles. The summed E-state index contributed by atoms with van der Waals surface area (Å²) in [5.74, 6) is 3.68. The number of nitrogens with zero attached hydrogens (tertiary/aromatic N) is 2. The number of fused-ring (bicyclic) bond motifs is 4. The first kappa shape index (κ1) is 31.1. The Kier molecular flexibility index (Phi) is 11.2. The molecule has 2 aromatic rings. The topological polar surface area (TPSA) is 43.4 Å². The minimum absolute atomic E-state index is 0. The highest BCUT2D eigenvalue weighted by Crippen LogP contribution is 2.39. The van der Waals surface area contributed by atoms with Gasteiger partial charge >= 0.3 is 0 Å². The summed E-state index contributed by atoms with van der Waals surface area (Å²) in [4.78, 5) is 5.30. The van der Waals surface area contributed by atoms with Crippen LogP contribution in [0.1, 0.15) is 87.5 Å². The highest BCUT2D eigenvalue weighted by atomic mass is 35.5. The lowest BCUT2D eigenvalue weighted by molar-refractivity contribution is 0.173. The molecule has 0 aromatic heterocycles. The van der Waals surface area contributed by atoms with Crippen molar-refractivity contribution >= 4 is 24.8 Å². The van der Waals surface area contributed by atoms with Crippen molar-refractivity contribution in [1.82, 2.24) is 9.80 Å². The third kappa shape index (κ3) is 7.13. The molecule has 2 unspecified atom stereocenters. The minimum atomic E-state index is 0.